The van der Waals surface area contributed by atoms with Crippen LogP contribution in [0, 0.1) is 18.6 Å². The maximum absolute atomic E-state index is 14.5. The van der Waals surface area contributed by atoms with Crippen LogP contribution in [0.25, 0.3) is 0 Å². The lowest BCUT2D eigenvalue weighted by Gasteiger charge is -2.27. The number of anilines is 1. The van der Waals surface area contributed by atoms with Crippen LogP contribution in [0.3, 0.4) is 0 Å². The molecule has 5 rings (SSSR count). The third kappa shape index (κ3) is 3.54. The van der Waals surface area contributed by atoms with E-state index in [0.717, 1.165) is 12.1 Å². The van der Waals surface area contributed by atoms with Gasteiger partial charge in [-0.1, -0.05) is 0 Å². The van der Waals surface area contributed by atoms with Crippen LogP contribution >= 0.6 is 0 Å². The molecule has 0 saturated carbocycles. The first-order chi connectivity index (χ1) is 15.0. The van der Waals surface area contributed by atoms with Gasteiger partial charge in [-0.05, 0) is 30.7 Å². The van der Waals surface area contributed by atoms with Gasteiger partial charge in [0.05, 0.1) is 6.54 Å². The summed E-state index contributed by atoms with van der Waals surface area (Å²) in [5, 5.41) is 0. The molecule has 8 nitrogen and oxygen atoms in total. The fourth-order valence-electron chi connectivity index (χ4n) is 3.69. The summed E-state index contributed by atoms with van der Waals surface area (Å²) >= 11 is 0. The number of pyridine rings is 1. The zero-order chi connectivity index (χ0) is 21.5. The van der Waals surface area contributed by atoms with Crippen LogP contribution in [0.4, 0.5) is 14.6 Å². The first kappa shape index (κ1) is 19.3. The molecular weight excluding hydrogens is 410 g/mol. The minimum atomic E-state index is -0.876. The highest BCUT2D eigenvalue weighted by Gasteiger charge is 2.32. The lowest BCUT2D eigenvalue weighted by molar-refractivity contribution is 0.245. The van der Waals surface area contributed by atoms with Crippen molar-refractivity contribution in [3.8, 4) is 23.1 Å². The molecule has 4 heterocycles. The van der Waals surface area contributed by atoms with E-state index in [4.69, 9.17) is 14.2 Å². The number of aryl methyl sites for hydroxylation is 1. The number of hydrogen-bond donors (Lipinski definition) is 0. The van der Waals surface area contributed by atoms with Gasteiger partial charge in [0.2, 0.25) is 5.75 Å². The molecule has 3 aromatic rings. The fraction of sp³-hybridized carbons (Fsp3) is 0.286. The first-order valence-corrected chi connectivity index (χ1v) is 9.73. The second-order valence-corrected chi connectivity index (χ2v) is 7.25. The van der Waals surface area contributed by atoms with Gasteiger partial charge in [-0.15, -0.1) is 0 Å². The average Bonchev–Trinajstić information content (AvgIpc) is 3.18. The van der Waals surface area contributed by atoms with Crippen molar-refractivity contribution in [2.45, 2.75) is 20.1 Å². The Balaban J connectivity index is 1.38. The molecule has 0 radical (unpaired) electrons. The molecule has 10 heteroatoms. The second-order valence-electron chi connectivity index (χ2n) is 7.25. The maximum atomic E-state index is 14.5. The molecule has 2 aliphatic rings. The van der Waals surface area contributed by atoms with Crippen LogP contribution in [0.15, 0.2) is 35.3 Å². The Hall–Kier alpha value is -3.69. The molecule has 0 atom stereocenters. The van der Waals surface area contributed by atoms with Crippen molar-refractivity contribution in [2.75, 3.05) is 24.6 Å². The van der Waals surface area contributed by atoms with Crippen molar-refractivity contribution in [1.82, 2.24) is 14.5 Å². The largest absolute Gasteiger partial charge is 0.483 e. The predicted octanol–water partition coefficient (Wildman–Crippen LogP) is 2.81. The van der Waals surface area contributed by atoms with E-state index < -0.39 is 23.1 Å². The molecule has 0 unspecified atom stereocenters. The molecule has 0 spiro atoms. The number of hydrogen-bond acceptors (Lipinski definition) is 7. The number of aromatic nitrogens is 3. The fourth-order valence-corrected chi connectivity index (χ4v) is 3.69. The number of halogens is 2. The van der Waals surface area contributed by atoms with Gasteiger partial charge in [0.15, 0.2) is 23.2 Å². The summed E-state index contributed by atoms with van der Waals surface area (Å²) in [4.78, 5) is 22.3. The highest BCUT2D eigenvalue weighted by Crippen LogP contribution is 2.39. The van der Waals surface area contributed by atoms with Crippen LogP contribution in [-0.2, 0) is 13.2 Å². The average molecular weight is 428 g/mol. The molecule has 31 heavy (non-hydrogen) atoms. The summed E-state index contributed by atoms with van der Waals surface area (Å²) in [5.74, 6) is -0.976. The van der Waals surface area contributed by atoms with Crippen molar-refractivity contribution in [1.29, 1.82) is 0 Å². The van der Waals surface area contributed by atoms with E-state index in [9.17, 15) is 13.6 Å². The van der Waals surface area contributed by atoms with Crippen molar-refractivity contribution in [3.05, 3.63) is 63.8 Å². The van der Waals surface area contributed by atoms with Crippen molar-refractivity contribution in [3.63, 3.8) is 0 Å². The number of ether oxygens (including phenoxy) is 3. The normalized spacial score (nSPS) is 14.2. The summed E-state index contributed by atoms with van der Waals surface area (Å²) in [6.07, 6.45) is 1.49. The predicted molar refractivity (Wildman–Crippen MR) is 106 cm³/mol. The molecular formula is C21H18F2N4O4. The summed E-state index contributed by atoms with van der Waals surface area (Å²) in [5.41, 5.74) is 0.428. The smallest absolute Gasteiger partial charge is 0.352 e. The SMILES string of the molecule is Cc1cc(Oc2c(F)cc(COc3nc(=O)n4c5c3OCCN5CC4)cc2F)ccn1. The van der Waals surface area contributed by atoms with Gasteiger partial charge in [-0.25, -0.2) is 13.6 Å². The summed E-state index contributed by atoms with van der Waals surface area (Å²) < 4.78 is 47.3. The monoisotopic (exact) mass is 428 g/mol. The van der Waals surface area contributed by atoms with Gasteiger partial charge >= 0.3 is 5.69 Å². The van der Waals surface area contributed by atoms with Crippen molar-refractivity contribution in [2.24, 2.45) is 0 Å². The lowest BCUT2D eigenvalue weighted by Crippen LogP contribution is -2.32. The molecule has 0 saturated heterocycles. The third-order valence-corrected chi connectivity index (χ3v) is 5.10. The van der Waals surface area contributed by atoms with E-state index in [-0.39, 0.29) is 23.8 Å². The van der Waals surface area contributed by atoms with E-state index >= 15 is 0 Å². The quantitative estimate of drug-likeness (QED) is 0.618. The maximum Gasteiger partial charge on any atom is 0.352 e. The van der Waals surface area contributed by atoms with Crippen molar-refractivity contribution >= 4 is 5.82 Å². The summed E-state index contributed by atoms with van der Waals surface area (Å²) in [7, 11) is 0. The standard InChI is InChI=1S/C21H18F2N4O4/c1-12-8-14(2-3-24-12)31-17-15(22)9-13(10-16(17)23)11-30-19-18-20-26(6-7-29-18)4-5-27(20)21(28)25-19/h2-3,8-10H,4-7,11H2,1H3. The van der Waals surface area contributed by atoms with Gasteiger partial charge < -0.3 is 19.1 Å². The van der Waals surface area contributed by atoms with Crippen LogP contribution in [0.2, 0.25) is 0 Å². The molecule has 1 aromatic carbocycles. The first-order valence-electron chi connectivity index (χ1n) is 9.73. The van der Waals surface area contributed by atoms with Crippen molar-refractivity contribution < 1.29 is 23.0 Å². The topological polar surface area (TPSA) is 78.7 Å². The van der Waals surface area contributed by atoms with E-state index in [1.807, 2.05) is 4.90 Å². The Morgan fingerprint density at radius 2 is 1.97 bits per heavy atom. The molecule has 0 fully saturated rings. The number of nitrogens with zero attached hydrogens (tertiary/aromatic N) is 4. The third-order valence-electron chi connectivity index (χ3n) is 5.10. The number of rotatable bonds is 5. The van der Waals surface area contributed by atoms with Gasteiger partial charge in [-0.2, -0.15) is 4.98 Å². The Morgan fingerprint density at radius 3 is 2.74 bits per heavy atom. The van der Waals surface area contributed by atoms with E-state index in [1.54, 1.807) is 13.0 Å². The van der Waals surface area contributed by atoms with Crippen LogP contribution in [0.5, 0.6) is 23.1 Å². The van der Waals surface area contributed by atoms with E-state index in [1.165, 1.54) is 16.8 Å². The Morgan fingerprint density at radius 1 is 1.16 bits per heavy atom. The molecule has 0 N–H and O–H groups in total. The van der Waals surface area contributed by atoms with Gasteiger partial charge in [0.25, 0.3) is 5.88 Å². The van der Waals surface area contributed by atoms with Gasteiger partial charge in [0, 0.05) is 31.0 Å². The Kier molecular flexibility index (Phi) is 4.68. The summed E-state index contributed by atoms with van der Waals surface area (Å²) in [6, 6.07) is 5.31. The molecule has 0 aliphatic carbocycles. The van der Waals surface area contributed by atoms with E-state index in [0.29, 0.717) is 43.5 Å². The van der Waals surface area contributed by atoms with E-state index in [2.05, 4.69) is 9.97 Å². The molecule has 2 aliphatic heterocycles. The minimum Gasteiger partial charge on any atom is -0.483 e. The molecule has 160 valence electrons. The highest BCUT2D eigenvalue weighted by atomic mass is 19.1. The lowest BCUT2D eigenvalue weighted by atomic mass is 10.2. The van der Waals surface area contributed by atoms with Gasteiger partial charge in [-0.3, -0.25) is 9.55 Å². The minimum absolute atomic E-state index is 0.0104. The second kappa shape index (κ2) is 7.53. The molecule has 0 amide bonds. The zero-order valence-electron chi connectivity index (χ0n) is 16.6. The number of benzene rings is 1. The zero-order valence-corrected chi connectivity index (χ0v) is 16.6. The Bertz CT molecular complexity index is 1210. The molecule has 2 aromatic heterocycles. The highest BCUT2D eigenvalue weighted by molar-refractivity contribution is 5.61. The van der Waals surface area contributed by atoms with Crippen LogP contribution in [0.1, 0.15) is 11.3 Å². The molecule has 0 bridgehead atoms. The van der Waals surface area contributed by atoms with Crippen LogP contribution in [-0.4, -0.2) is 34.2 Å². The Labute approximate surface area is 175 Å². The summed E-state index contributed by atoms with van der Waals surface area (Å²) in [6.45, 7) is 3.89. The van der Waals surface area contributed by atoms with Gasteiger partial charge in [0.1, 0.15) is 19.0 Å². The van der Waals surface area contributed by atoms with Crippen LogP contribution < -0.4 is 24.8 Å².